The summed E-state index contributed by atoms with van der Waals surface area (Å²) in [4.78, 5) is 26.4. The summed E-state index contributed by atoms with van der Waals surface area (Å²) in [5.41, 5.74) is 1.73. The van der Waals surface area contributed by atoms with E-state index in [0.717, 1.165) is 15.8 Å². The van der Waals surface area contributed by atoms with E-state index in [9.17, 15) is 9.59 Å². The molecule has 6 nitrogen and oxygen atoms in total. The van der Waals surface area contributed by atoms with Gasteiger partial charge in [0.05, 0.1) is 23.4 Å². The average molecular weight is 466 g/mol. The van der Waals surface area contributed by atoms with Crippen molar-refractivity contribution >= 4 is 51.5 Å². The van der Waals surface area contributed by atoms with Crippen molar-refractivity contribution in [1.82, 2.24) is 9.88 Å². The largest absolute Gasteiger partial charge is 0.495 e. The molecular weight excluding hydrogens is 442 g/mol. The van der Waals surface area contributed by atoms with Crippen molar-refractivity contribution in [3.63, 3.8) is 0 Å². The topological polar surface area (TPSA) is 72.4 Å². The Labute approximate surface area is 194 Å². The van der Waals surface area contributed by atoms with Gasteiger partial charge in [0, 0.05) is 35.1 Å². The second kappa shape index (κ2) is 10.4. The van der Waals surface area contributed by atoms with Gasteiger partial charge in [-0.3, -0.25) is 9.59 Å². The number of hydrogen-bond acceptors (Lipinski definition) is 5. The Kier molecular flexibility index (Phi) is 7.14. The van der Waals surface area contributed by atoms with E-state index < -0.39 is 0 Å². The number of carbonyl (C=O) groups excluding carboxylic acids is 2. The molecule has 2 aromatic heterocycles. The van der Waals surface area contributed by atoms with Gasteiger partial charge >= 0.3 is 0 Å². The van der Waals surface area contributed by atoms with E-state index in [-0.39, 0.29) is 17.6 Å². The number of thiophene rings is 1. The number of para-hydroxylation sites is 3. The molecule has 4 aromatic rings. The first-order chi connectivity index (χ1) is 15.7. The molecule has 0 fully saturated rings. The molecule has 4 rings (SSSR count). The maximum absolute atomic E-state index is 12.5. The summed E-state index contributed by atoms with van der Waals surface area (Å²) in [6.45, 7) is 1.17. The molecule has 32 heavy (non-hydrogen) atoms. The summed E-state index contributed by atoms with van der Waals surface area (Å²) in [6, 6.07) is 19.1. The predicted molar refractivity (Wildman–Crippen MR) is 131 cm³/mol. The van der Waals surface area contributed by atoms with Gasteiger partial charge in [0.2, 0.25) is 5.91 Å². The van der Waals surface area contributed by atoms with E-state index in [4.69, 9.17) is 4.74 Å². The molecule has 2 heterocycles. The van der Waals surface area contributed by atoms with Crippen LogP contribution in [0.1, 0.15) is 9.67 Å². The highest BCUT2D eigenvalue weighted by Crippen LogP contribution is 2.30. The van der Waals surface area contributed by atoms with Crippen LogP contribution in [0.5, 0.6) is 5.75 Å². The molecule has 2 amide bonds. The highest BCUT2D eigenvalue weighted by atomic mass is 32.2. The zero-order chi connectivity index (χ0) is 22.3. The zero-order valence-electron chi connectivity index (χ0n) is 17.5. The number of anilines is 1. The van der Waals surface area contributed by atoms with Crippen molar-refractivity contribution in [2.45, 2.75) is 11.4 Å². The molecule has 0 saturated heterocycles. The van der Waals surface area contributed by atoms with Gasteiger partial charge in [-0.1, -0.05) is 36.4 Å². The van der Waals surface area contributed by atoms with Crippen LogP contribution in [0.4, 0.5) is 5.69 Å². The van der Waals surface area contributed by atoms with Gasteiger partial charge in [-0.15, -0.1) is 23.1 Å². The molecule has 0 aliphatic heterocycles. The van der Waals surface area contributed by atoms with Crippen LogP contribution < -0.4 is 15.4 Å². The average Bonchev–Trinajstić information content (AvgIpc) is 3.47. The Morgan fingerprint density at radius 3 is 2.69 bits per heavy atom. The van der Waals surface area contributed by atoms with Crippen molar-refractivity contribution in [2.24, 2.45) is 0 Å². The Morgan fingerprint density at radius 1 is 1.06 bits per heavy atom. The number of rotatable bonds is 9. The van der Waals surface area contributed by atoms with Gasteiger partial charge < -0.3 is 19.9 Å². The first-order valence-electron chi connectivity index (χ1n) is 10.1. The number of carbonyl (C=O) groups is 2. The van der Waals surface area contributed by atoms with Crippen molar-refractivity contribution in [1.29, 1.82) is 0 Å². The number of fused-ring (bicyclic) bond motifs is 1. The minimum Gasteiger partial charge on any atom is -0.495 e. The van der Waals surface area contributed by atoms with E-state index in [1.165, 1.54) is 23.1 Å². The molecule has 0 aliphatic carbocycles. The second-order valence-electron chi connectivity index (χ2n) is 6.97. The number of hydrogen-bond donors (Lipinski definition) is 2. The van der Waals surface area contributed by atoms with Crippen LogP contribution in [-0.4, -0.2) is 35.8 Å². The minimum absolute atomic E-state index is 0.0564. The van der Waals surface area contributed by atoms with Crippen LogP contribution in [-0.2, 0) is 11.3 Å². The molecule has 0 bridgehead atoms. The van der Waals surface area contributed by atoms with Crippen LogP contribution in [0.2, 0.25) is 0 Å². The number of benzene rings is 2. The molecule has 0 atom stereocenters. The third-order valence-electron chi connectivity index (χ3n) is 4.88. The fourth-order valence-electron chi connectivity index (χ4n) is 3.38. The third-order valence-corrected chi connectivity index (χ3v) is 6.79. The maximum atomic E-state index is 12.5. The number of nitrogens with one attached hydrogen (secondary N) is 2. The number of ether oxygens (including phenoxy) is 1. The molecule has 0 spiro atoms. The molecule has 0 unspecified atom stereocenters. The Bertz CT molecular complexity index is 1220. The van der Waals surface area contributed by atoms with Crippen LogP contribution >= 0.6 is 23.1 Å². The standard InChI is InChI=1S/C24H23N3O3S2/c1-30-20-10-5-3-8-18(20)26-23(28)16-32-22-15-27(19-9-4-2-7-17(19)22)13-12-25-24(29)21-11-6-14-31-21/h2-11,14-15H,12-13,16H2,1H3,(H,25,29)(H,26,28). The normalized spacial score (nSPS) is 10.8. The maximum Gasteiger partial charge on any atom is 0.261 e. The molecule has 2 N–H and O–H groups in total. The summed E-state index contributed by atoms with van der Waals surface area (Å²) in [5, 5.41) is 8.85. The summed E-state index contributed by atoms with van der Waals surface area (Å²) in [6.07, 6.45) is 2.04. The lowest BCUT2D eigenvalue weighted by atomic mass is 10.2. The first-order valence-corrected chi connectivity index (χ1v) is 12.0. The van der Waals surface area contributed by atoms with Crippen LogP contribution in [0.15, 0.2) is 77.1 Å². The number of amides is 2. The van der Waals surface area contributed by atoms with Gasteiger partial charge in [-0.2, -0.15) is 0 Å². The van der Waals surface area contributed by atoms with E-state index in [0.29, 0.717) is 29.4 Å². The fourth-order valence-corrected chi connectivity index (χ4v) is 4.90. The third kappa shape index (κ3) is 5.15. The summed E-state index contributed by atoms with van der Waals surface area (Å²) >= 11 is 2.92. The van der Waals surface area contributed by atoms with Gasteiger partial charge in [0.1, 0.15) is 5.75 Å². The molecular formula is C24H23N3O3S2. The summed E-state index contributed by atoms with van der Waals surface area (Å²) < 4.78 is 7.41. The smallest absolute Gasteiger partial charge is 0.261 e. The van der Waals surface area contributed by atoms with E-state index in [1.54, 1.807) is 7.11 Å². The van der Waals surface area contributed by atoms with Crippen molar-refractivity contribution in [3.05, 3.63) is 77.1 Å². The minimum atomic E-state index is -0.0976. The number of nitrogens with zero attached hydrogens (tertiary/aromatic N) is 1. The number of aromatic nitrogens is 1. The number of thioether (sulfide) groups is 1. The van der Waals surface area contributed by atoms with E-state index in [1.807, 2.05) is 60.1 Å². The van der Waals surface area contributed by atoms with Gasteiger partial charge in [0.15, 0.2) is 0 Å². The van der Waals surface area contributed by atoms with E-state index >= 15 is 0 Å². The monoisotopic (exact) mass is 465 g/mol. The molecule has 2 aromatic carbocycles. The SMILES string of the molecule is COc1ccccc1NC(=O)CSc1cn(CCNC(=O)c2cccs2)c2ccccc12. The second-order valence-corrected chi connectivity index (χ2v) is 8.94. The summed E-state index contributed by atoms with van der Waals surface area (Å²) in [7, 11) is 1.58. The van der Waals surface area contributed by atoms with Crippen LogP contribution in [0.25, 0.3) is 10.9 Å². The lowest BCUT2D eigenvalue weighted by Crippen LogP contribution is -2.26. The molecule has 0 radical (unpaired) electrons. The highest BCUT2D eigenvalue weighted by Gasteiger charge is 2.13. The lowest BCUT2D eigenvalue weighted by Gasteiger charge is -2.09. The Balaban J connectivity index is 1.39. The fraction of sp³-hybridized carbons (Fsp3) is 0.167. The van der Waals surface area contributed by atoms with Crippen LogP contribution in [0.3, 0.4) is 0 Å². The molecule has 0 aliphatic rings. The molecule has 0 saturated carbocycles. The van der Waals surface area contributed by atoms with Crippen molar-refractivity contribution in [3.8, 4) is 5.75 Å². The van der Waals surface area contributed by atoms with E-state index in [2.05, 4.69) is 27.3 Å². The lowest BCUT2D eigenvalue weighted by molar-refractivity contribution is -0.113. The highest BCUT2D eigenvalue weighted by molar-refractivity contribution is 8.00. The van der Waals surface area contributed by atoms with Crippen LogP contribution in [0, 0.1) is 0 Å². The van der Waals surface area contributed by atoms with Crippen molar-refractivity contribution < 1.29 is 14.3 Å². The zero-order valence-corrected chi connectivity index (χ0v) is 19.2. The Morgan fingerprint density at radius 2 is 1.88 bits per heavy atom. The molecule has 8 heteroatoms. The first kappa shape index (κ1) is 22.0. The summed E-state index contributed by atoms with van der Waals surface area (Å²) in [5.74, 6) is 0.756. The Hall–Kier alpha value is -3.23. The molecule has 164 valence electrons. The van der Waals surface area contributed by atoms with Crippen molar-refractivity contribution in [2.75, 3.05) is 24.7 Å². The van der Waals surface area contributed by atoms with Gasteiger partial charge in [-0.05, 0) is 29.6 Å². The van der Waals surface area contributed by atoms with Gasteiger partial charge in [-0.25, -0.2) is 0 Å². The van der Waals surface area contributed by atoms with Gasteiger partial charge in [0.25, 0.3) is 5.91 Å². The predicted octanol–water partition coefficient (Wildman–Crippen LogP) is 4.87. The quantitative estimate of drug-likeness (QED) is 0.346. The number of methoxy groups -OCH3 is 1.